The van der Waals surface area contributed by atoms with Crippen LogP contribution in [-0.2, 0) is 9.59 Å². The van der Waals surface area contributed by atoms with Crippen molar-refractivity contribution in [2.24, 2.45) is 5.73 Å². The zero-order chi connectivity index (χ0) is 13.1. The Morgan fingerprint density at radius 3 is 2.65 bits per heavy atom. The molecule has 0 heterocycles. The Bertz CT molecular complexity index is 284. The second-order valence-electron chi connectivity index (χ2n) is 3.72. The first-order chi connectivity index (χ1) is 8.15. The van der Waals surface area contributed by atoms with Crippen molar-refractivity contribution < 1.29 is 9.59 Å². The smallest absolute Gasteiger partial charge is 0.242 e. The lowest BCUT2D eigenvalue weighted by Crippen LogP contribution is -2.45. The van der Waals surface area contributed by atoms with Crippen molar-refractivity contribution in [3.05, 3.63) is 0 Å². The fourth-order valence-corrected chi connectivity index (χ4v) is 1.39. The van der Waals surface area contributed by atoms with Gasteiger partial charge in [-0.3, -0.25) is 9.59 Å². The minimum absolute atomic E-state index is 0.184. The largest absolute Gasteiger partial charge is 0.357 e. The predicted molar refractivity (Wildman–Crippen MR) is 67.0 cm³/mol. The highest BCUT2D eigenvalue weighted by molar-refractivity contribution is 5.87. The van der Waals surface area contributed by atoms with Crippen molar-refractivity contribution in [2.75, 3.05) is 13.6 Å². The number of nitrogens with two attached hydrogens (primary N) is 1. The molecule has 5 nitrogen and oxygen atoms in total. The number of likely N-dealkylation sites (N-methyl/N-ethyl adjacent to an activating group) is 1. The van der Waals surface area contributed by atoms with Gasteiger partial charge in [-0.2, -0.15) is 0 Å². The summed E-state index contributed by atoms with van der Waals surface area (Å²) in [6.45, 7) is 0.589. The van der Waals surface area contributed by atoms with Gasteiger partial charge >= 0.3 is 0 Å². The molecule has 0 fully saturated rings. The molecule has 2 amide bonds. The molecule has 0 aliphatic carbocycles. The third kappa shape index (κ3) is 7.36. The molecule has 0 unspecified atom stereocenters. The van der Waals surface area contributed by atoms with Crippen molar-refractivity contribution in [3.8, 4) is 12.3 Å². The van der Waals surface area contributed by atoms with Gasteiger partial charge in [0.15, 0.2) is 0 Å². The average molecular weight is 239 g/mol. The highest BCUT2D eigenvalue weighted by Crippen LogP contribution is 2.01. The second-order valence-corrected chi connectivity index (χ2v) is 3.72. The van der Waals surface area contributed by atoms with E-state index in [0.29, 0.717) is 19.4 Å². The Morgan fingerprint density at radius 1 is 1.41 bits per heavy atom. The number of nitrogens with one attached hydrogen (secondary N) is 2. The Labute approximate surface area is 103 Å². The highest BCUT2D eigenvalue weighted by Gasteiger charge is 2.18. The van der Waals surface area contributed by atoms with E-state index in [1.807, 2.05) is 0 Å². The lowest BCUT2D eigenvalue weighted by Gasteiger charge is -2.16. The number of hydrogen-bond acceptors (Lipinski definition) is 3. The summed E-state index contributed by atoms with van der Waals surface area (Å²) in [4.78, 5) is 23.0. The number of terminal acetylenes is 1. The molecule has 5 heteroatoms. The van der Waals surface area contributed by atoms with Gasteiger partial charge in [0, 0.05) is 19.9 Å². The normalized spacial score (nSPS) is 11.4. The molecular formula is C12H21N3O2. The van der Waals surface area contributed by atoms with E-state index in [2.05, 4.69) is 16.6 Å². The van der Waals surface area contributed by atoms with E-state index in [0.717, 1.165) is 12.8 Å². The van der Waals surface area contributed by atoms with E-state index >= 15 is 0 Å². The molecule has 0 aromatic rings. The van der Waals surface area contributed by atoms with E-state index < -0.39 is 6.04 Å². The van der Waals surface area contributed by atoms with Gasteiger partial charge in [0.2, 0.25) is 11.8 Å². The van der Waals surface area contributed by atoms with Gasteiger partial charge in [-0.05, 0) is 25.8 Å². The number of unbranched alkanes of at least 4 members (excludes halogenated alkanes) is 1. The number of carbonyl (C=O) groups is 2. The molecule has 0 saturated carbocycles. The zero-order valence-electron chi connectivity index (χ0n) is 10.3. The quantitative estimate of drug-likeness (QED) is 0.404. The maximum absolute atomic E-state index is 11.5. The molecule has 0 radical (unpaired) electrons. The van der Waals surface area contributed by atoms with Gasteiger partial charge in [0.25, 0.3) is 0 Å². The minimum Gasteiger partial charge on any atom is -0.357 e. The average Bonchev–Trinajstić information content (AvgIpc) is 2.34. The van der Waals surface area contributed by atoms with Crippen molar-refractivity contribution in [3.63, 3.8) is 0 Å². The van der Waals surface area contributed by atoms with Gasteiger partial charge in [0.05, 0.1) is 0 Å². The lowest BCUT2D eigenvalue weighted by atomic mass is 10.1. The van der Waals surface area contributed by atoms with E-state index in [-0.39, 0.29) is 18.2 Å². The molecule has 4 N–H and O–H groups in total. The minimum atomic E-state index is -0.489. The summed E-state index contributed by atoms with van der Waals surface area (Å²) < 4.78 is 0. The molecule has 96 valence electrons. The van der Waals surface area contributed by atoms with E-state index in [1.165, 1.54) is 0 Å². The topological polar surface area (TPSA) is 84.2 Å². The summed E-state index contributed by atoms with van der Waals surface area (Å²) in [6, 6.07) is -0.489. The van der Waals surface area contributed by atoms with Crippen LogP contribution >= 0.6 is 0 Å². The van der Waals surface area contributed by atoms with Gasteiger partial charge in [-0.25, -0.2) is 0 Å². The SMILES string of the molecule is C#CCCC(=O)N[C@H](CCCCN)C(=O)NC. The van der Waals surface area contributed by atoms with Crippen LogP contribution in [-0.4, -0.2) is 31.4 Å². The Kier molecular flexibility index (Phi) is 8.79. The molecule has 0 saturated heterocycles. The van der Waals surface area contributed by atoms with E-state index in [1.54, 1.807) is 7.05 Å². The monoisotopic (exact) mass is 239 g/mol. The molecule has 17 heavy (non-hydrogen) atoms. The molecular weight excluding hydrogens is 218 g/mol. The van der Waals surface area contributed by atoms with Crippen LogP contribution in [0.15, 0.2) is 0 Å². The molecule has 0 aliphatic rings. The molecule has 0 aliphatic heterocycles. The second kappa shape index (κ2) is 9.67. The summed E-state index contributed by atoms with van der Waals surface area (Å²) in [5.74, 6) is 2.01. The summed E-state index contributed by atoms with van der Waals surface area (Å²) in [5.41, 5.74) is 5.38. The number of rotatable bonds is 8. The zero-order valence-corrected chi connectivity index (χ0v) is 10.3. The van der Waals surface area contributed by atoms with Gasteiger partial charge in [0.1, 0.15) is 6.04 Å². The highest BCUT2D eigenvalue weighted by atomic mass is 16.2. The number of carbonyl (C=O) groups excluding carboxylic acids is 2. The Balaban J connectivity index is 4.14. The summed E-state index contributed by atoms with van der Waals surface area (Å²) in [7, 11) is 1.55. The van der Waals surface area contributed by atoms with Crippen LogP contribution in [0, 0.1) is 12.3 Å². The number of hydrogen-bond donors (Lipinski definition) is 3. The van der Waals surface area contributed by atoms with E-state index in [9.17, 15) is 9.59 Å². The summed E-state index contributed by atoms with van der Waals surface area (Å²) in [5, 5.41) is 5.20. The first kappa shape index (κ1) is 15.5. The van der Waals surface area contributed by atoms with Crippen molar-refractivity contribution in [1.29, 1.82) is 0 Å². The molecule has 1 atom stereocenters. The summed E-state index contributed by atoms with van der Waals surface area (Å²) >= 11 is 0. The van der Waals surface area contributed by atoms with Gasteiger partial charge in [-0.1, -0.05) is 0 Å². The first-order valence-electron chi connectivity index (χ1n) is 5.80. The Hall–Kier alpha value is -1.54. The van der Waals surface area contributed by atoms with E-state index in [4.69, 9.17) is 12.2 Å². The van der Waals surface area contributed by atoms with Gasteiger partial charge in [-0.15, -0.1) is 12.3 Å². The van der Waals surface area contributed by atoms with Crippen LogP contribution in [0.4, 0.5) is 0 Å². The third-order valence-electron chi connectivity index (χ3n) is 2.34. The van der Waals surface area contributed by atoms with Crippen LogP contribution in [0.5, 0.6) is 0 Å². The van der Waals surface area contributed by atoms with Crippen LogP contribution in [0.1, 0.15) is 32.1 Å². The van der Waals surface area contributed by atoms with Crippen molar-refractivity contribution >= 4 is 11.8 Å². The van der Waals surface area contributed by atoms with Crippen LogP contribution in [0.25, 0.3) is 0 Å². The lowest BCUT2D eigenvalue weighted by molar-refractivity contribution is -0.128. The van der Waals surface area contributed by atoms with Crippen molar-refractivity contribution in [2.45, 2.75) is 38.1 Å². The molecule has 0 aromatic carbocycles. The molecule has 0 bridgehead atoms. The standard InChI is InChI=1S/C12H21N3O2/c1-3-4-8-11(16)15-10(12(17)14-2)7-5-6-9-13/h1,10H,4-9,13H2,2H3,(H,14,17)(H,15,16)/t10-/m1/s1. The van der Waals surface area contributed by atoms with Crippen LogP contribution in [0.2, 0.25) is 0 Å². The summed E-state index contributed by atoms with van der Waals surface area (Å²) in [6.07, 6.45) is 7.95. The maximum Gasteiger partial charge on any atom is 0.242 e. The fourth-order valence-electron chi connectivity index (χ4n) is 1.39. The van der Waals surface area contributed by atoms with Crippen LogP contribution < -0.4 is 16.4 Å². The maximum atomic E-state index is 11.5. The van der Waals surface area contributed by atoms with Crippen molar-refractivity contribution in [1.82, 2.24) is 10.6 Å². The number of amides is 2. The predicted octanol–water partition coefficient (Wildman–Crippen LogP) is -0.240. The molecule has 0 rings (SSSR count). The Morgan fingerprint density at radius 2 is 2.12 bits per heavy atom. The fraction of sp³-hybridized carbons (Fsp3) is 0.667. The molecule has 0 spiro atoms. The first-order valence-corrected chi connectivity index (χ1v) is 5.80. The molecule has 0 aromatic heterocycles. The third-order valence-corrected chi connectivity index (χ3v) is 2.34. The van der Waals surface area contributed by atoms with Crippen LogP contribution in [0.3, 0.4) is 0 Å². The van der Waals surface area contributed by atoms with Gasteiger partial charge < -0.3 is 16.4 Å².